The Bertz CT molecular complexity index is 293. The first-order valence-electron chi connectivity index (χ1n) is 4.18. The molecule has 0 aromatic carbocycles. The highest BCUT2D eigenvalue weighted by molar-refractivity contribution is 7.80. The third-order valence-electron chi connectivity index (χ3n) is 2.01. The maximum Gasteiger partial charge on any atom is 0.397 e. The number of hydrogen-bond donors (Lipinski definition) is 4. The van der Waals surface area contributed by atoms with Gasteiger partial charge >= 0.3 is 10.4 Å². The molecule has 0 radical (unpaired) electrons. The van der Waals surface area contributed by atoms with Crippen LogP contribution in [0, 0.1) is 0 Å². The number of ether oxygens (including phenoxy) is 1. The summed E-state index contributed by atoms with van der Waals surface area (Å²) in [6, 6.07) is -0.938. The summed E-state index contributed by atoms with van der Waals surface area (Å²) in [4.78, 5) is 0. The topological polar surface area (TPSA) is 139 Å². The van der Waals surface area contributed by atoms with Gasteiger partial charge in [0.15, 0.2) is 6.29 Å². The van der Waals surface area contributed by atoms with Crippen molar-refractivity contribution in [3.8, 4) is 0 Å². The Labute approximate surface area is 86.6 Å². The summed E-state index contributed by atoms with van der Waals surface area (Å²) in [7, 11) is -4.55. The van der Waals surface area contributed by atoms with Crippen molar-refractivity contribution in [2.75, 3.05) is 6.61 Å². The van der Waals surface area contributed by atoms with E-state index in [1.54, 1.807) is 0 Å². The van der Waals surface area contributed by atoms with E-state index in [0.717, 1.165) is 0 Å². The van der Waals surface area contributed by atoms with Gasteiger partial charge in [-0.05, 0) is 0 Å². The molecule has 4 unspecified atom stereocenters. The zero-order valence-corrected chi connectivity index (χ0v) is 8.50. The van der Waals surface area contributed by atoms with E-state index >= 15 is 0 Å². The minimum atomic E-state index is -4.55. The summed E-state index contributed by atoms with van der Waals surface area (Å²) in [5.41, 5.74) is 5.33. The maximum atomic E-state index is 10.2. The highest BCUT2D eigenvalue weighted by Crippen LogP contribution is 2.18. The molecule has 1 aliphatic heterocycles. The molecular formula is C6H13NO7S. The normalized spacial score (nSPS) is 37.9. The van der Waals surface area contributed by atoms with Crippen LogP contribution in [0.5, 0.6) is 0 Å². The lowest BCUT2D eigenvalue weighted by molar-refractivity contribution is -0.206. The molecule has 0 bridgehead atoms. The van der Waals surface area contributed by atoms with Crippen LogP contribution in [0.3, 0.4) is 0 Å². The average Bonchev–Trinajstić information content (AvgIpc) is 2.09. The number of aliphatic hydroxyl groups excluding tert-OH is 2. The fourth-order valence-electron chi connectivity index (χ4n) is 1.23. The second-order valence-electron chi connectivity index (χ2n) is 3.24. The summed E-state index contributed by atoms with van der Waals surface area (Å²) in [5, 5.41) is 18.5. The molecule has 1 saturated heterocycles. The molecule has 0 saturated carbocycles. The zero-order valence-electron chi connectivity index (χ0n) is 7.68. The first kappa shape index (κ1) is 12.8. The summed E-state index contributed by atoms with van der Waals surface area (Å²) in [6.07, 6.45) is -3.21. The Hall–Kier alpha value is -0.290. The molecule has 1 rings (SSSR count). The molecule has 5 N–H and O–H groups in total. The standard InChI is InChI=1S/C6H13NO7S/c7-5-4(8)1-3(14-6(5)9)2-13-15(10,11)12/h3-6,8-9H,1-2,7H2,(H,10,11,12). The van der Waals surface area contributed by atoms with E-state index in [1.807, 2.05) is 0 Å². The average molecular weight is 243 g/mol. The zero-order chi connectivity index (χ0) is 11.6. The first-order chi connectivity index (χ1) is 6.79. The Kier molecular flexibility index (Phi) is 4.00. The predicted molar refractivity (Wildman–Crippen MR) is 47.0 cm³/mol. The van der Waals surface area contributed by atoms with Crippen LogP contribution in [0.4, 0.5) is 0 Å². The molecule has 0 aromatic rings. The van der Waals surface area contributed by atoms with Crippen molar-refractivity contribution < 1.29 is 32.1 Å². The van der Waals surface area contributed by atoms with E-state index in [0.29, 0.717) is 0 Å². The molecule has 1 aliphatic rings. The highest BCUT2D eigenvalue weighted by atomic mass is 32.3. The third kappa shape index (κ3) is 3.99. The monoisotopic (exact) mass is 243 g/mol. The van der Waals surface area contributed by atoms with Crippen molar-refractivity contribution in [2.45, 2.75) is 31.0 Å². The van der Waals surface area contributed by atoms with Crippen LogP contribution < -0.4 is 5.73 Å². The van der Waals surface area contributed by atoms with Crippen LogP contribution in [0.15, 0.2) is 0 Å². The molecule has 0 aliphatic carbocycles. The summed E-state index contributed by atoms with van der Waals surface area (Å²) < 4.78 is 37.6. The Morgan fingerprint density at radius 3 is 2.53 bits per heavy atom. The van der Waals surface area contributed by atoms with Crippen molar-refractivity contribution in [3.63, 3.8) is 0 Å². The molecular weight excluding hydrogens is 230 g/mol. The lowest BCUT2D eigenvalue weighted by atomic mass is 10.0. The maximum absolute atomic E-state index is 10.2. The Morgan fingerprint density at radius 1 is 1.47 bits per heavy atom. The Morgan fingerprint density at radius 2 is 2.07 bits per heavy atom. The fraction of sp³-hybridized carbons (Fsp3) is 1.00. The van der Waals surface area contributed by atoms with Crippen molar-refractivity contribution in [2.24, 2.45) is 5.73 Å². The van der Waals surface area contributed by atoms with Gasteiger partial charge < -0.3 is 20.7 Å². The van der Waals surface area contributed by atoms with Gasteiger partial charge in [-0.1, -0.05) is 0 Å². The lowest BCUT2D eigenvalue weighted by Crippen LogP contribution is -2.54. The van der Waals surface area contributed by atoms with E-state index in [4.69, 9.17) is 15.0 Å². The molecule has 1 fully saturated rings. The number of nitrogens with two attached hydrogens (primary N) is 1. The third-order valence-corrected chi connectivity index (χ3v) is 2.45. The van der Waals surface area contributed by atoms with Gasteiger partial charge in [-0.2, -0.15) is 8.42 Å². The fourth-order valence-corrected chi connectivity index (χ4v) is 1.55. The van der Waals surface area contributed by atoms with Crippen LogP contribution in [-0.2, 0) is 19.3 Å². The van der Waals surface area contributed by atoms with Crippen molar-refractivity contribution >= 4 is 10.4 Å². The van der Waals surface area contributed by atoms with Gasteiger partial charge in [-0.25, -0.2) is 4.18 Å². The summed E-state index contributed by atoms with van der Waals surface area (Å²) in [5.74, 6) is 0. The van der Waals surface area contributed by atoms with Gasteiger partial charge in [0, 0.05) is 6.42 Å². The quantitative estimate of drug-likeness (QED) is 0.402. The molecule has 1 heterocycles. The number of rotatable bonds is 3. The predicted octanol–water partition coefficient (Wildman–Crippen LogP) is -2.40. The van der Waals surface area contributed by atoms with Crippen molar-refractivity contribution in [3.05, 3.63) is 0 Å². The largest absolute Gasteiger partial charge is 0.397 e. The first-order valence-corrected chi connectivity index (χ1v) is 5.55. The molecule has 0 amide bonds. The molecule has 90 valence electrons. The van der Waals surface area contributed by atoms with Gasteiger partial charge in [0.05, 0.1) is 24.9 Å². The van der Waals surface area contributed by atoms with Gasteiger partial charge in [-0.15, -0.1) is 0 Å². The highest BCUT2D eigenvalue weighted by Gasteiger charge is 2.34. The smallest absolute Gasteiger partial charge is 0.391 e. The Balaban J connectivity index is 2.45. The number of hydrogen-bond acceptors (Lipinski definition) is 7. The van der Waals surface area contributed by atoms with E-state index in [2.05, 4.69) is 4.18 Å². The van der Waals surface area contributed by atoms with Crippen LogP contribution in [0.1, 0.15) is 6.42 Å². The summed E-state index contributed by atoms with van der Waals surface area (Å²) in [6.45, 7) is -0.486. The van der Waals surface area contributed by atoms with Crippen LogP contribution in [0.2, 0.25) is 0 Å². The van der Waals surface area contributed by atoms with Gasteiger partial charge in [-0.3, -0.25) is 4.55 Å². The number of aliphatic hydroxyl groups is 2. The van der Waals surface area contributed by atoms with Gasteiger partial charge in [0.2, 0.25) is 0 Å². The molecule has 0 aromatic heterocycles. The van der Waals surface area contributed by atoms with Crippen LogP contribution >= 0.6 is 0 Å². The second kappa shape index (κ2) is 4.70. The molecule has 9 heteroatoms. The van der Waals surface area contributed by atoms with Gasteiger partial charge in [0.25, 0.3) is 0 Å². The van der Waals surface area contributed by atoms with Gasteiger partial charge in [0.1, 0.15) is 0 Å². The molecule has 15 heavy (non-hydrogen) atoms. The van der Waals surface area contributed by atoms with E-state index in [-0.39, 0.29) is 6.42 Å². The summed E-state index contributed by atoms with van der Waals surface area (Å²) >= 11 is 0. The second-order valence-corrected chi connectivity index (χ2v) is 4.33. The lowest BCUT2D eigenvalue weighted by Gasteiger charge is -2.34. The SMILES string of the molecule is NC1C(O)CC(COS(=O)(=O)O)OC1O. The minimum absolute atomic E-state index is 0.0216. The minimum Gasteiger partial charge on any atom is -0.391 e. The van der Waals surface area contributed by atoms with E-state index < -0.39 is 41.5 Å². The molecule has 0 spiro atoms. The van der Waals surface area contributed by atoms with Crippen molar-refractivity contribution in [1.29, 1.82) is 0 Å². The van der Waals surface area contributed by atoms with E-state index in [1.165, 1.54) is 0 Å². The molecule has 4 atom stereocenters. The van der Waals surface area contributed by atoms with E-state index in [9.17, 15) is 18.6 Å². The molecule has 8 nitrogen and oxygen atoms in total. The van der Waals surface area contributed by atoms with Crippen LogP contribution in [0.25, 0.3) is 0 Å². The van der Waals surface area contributed by atoms with Crippen molar-refractivity contribution in [1.82, 2.24) is 0 Å². The van der Waals surface area contributed by atoms with Crippen LogP contribution in [-0.4, -0.2) is 54.3 Å².